The fourth-order valence-electron chi connectivity index (χ4n) is 2.07. The number of hydrogen-bond donors (Lipinski definition) is 0. The third-order valence-electron chi connectivity index (χ3n) is 2.75. The summed E-state index contributed by atoms with van der Waals surface area (Å²) >= 11 is 0. The van der Waals surface area contributed by atoms with Crippen molar-refractivity contribution in [3.8, 4) is 0 Å². The highest BCUT2D eigenvalue weighted by Crippen LogP contribution is 2.36. The number of methoxy groups -OCH3 is 1. The lowest BCUT2D eigenvalue weighted by molar-refractivity contribution is -0.141. The van der Waals surface area contributed by atoms with E-state index in [2.05, 4.69) is 17.8 Å². The van der Waals surface area contributed by atoms with E-state index < -0.39 is 8.07 Å². The number of rotatable bonds is 2. The fraction of sp³-hybridized carbons (Fsp3) is 0.889. The first-order valence-corrected chi connectivity index (χ1v) is 8.02. The zero-order chi connectivity index (χ0) is 9.19. The molecule has 1 rings (SSSR count). The first-order valence-electron chi connectivity index (χ1n) is 4.60. The van der Waals surface area contributed by atoms with Crippen LogP contribution < -0.4 is 0 Å². The van der Waals surface area contributed by atoms with Crippen molar-refractivity contribution in [3.63, 3.8) is 0 Å². The fourth-order valence-corrected chi connectivity index (χ4v) is 5.38. The molecule has 2 nitrogen and oxygen atoms in total. The standard InChI is InChI=1S/C9H18O2Si/c1-11-9(10)6-8-4-5-12(2,3)7-8/h8H,4-7H2,1-3H3. The molecule has 0 radical (unpaired) electrons. The summed E-state index contributed by atoms with van der Waals surface area (Å²) in [5.74, 6) is 0.589. The number of esters is 1. The first kappa shape index (κ1) is 9.77. The summed E-state index contributed by atoms with van der Waals surface area (Å²) in [6, 6.07) is 2.69. The minimum atomic E-state index is -0.891. The average molecular weight is 186 g/mol. The highest BCUT2D eigenvalue weighted by Gasteiger charge is 2.33. The Balaban J connectivity index is 2.33. The third-order valence-corrected chi connectivity index (χ3v) is 6.08. The van der Waals surface area contributed by atoms with Gasteiger partial charge in [-0.15, -0.1) is 0 Å². The lowest BCUT2D eigenvalue weighted by atomic mass is 10.1. The lowest BCUT2D eigenvalue weighted by Crippen LogP contribution is -2.20. The predicted molar refractivity (Wildman–Crippen MR) is 51.8 cm³/mol. The minimum Gasteiger partial charge on any atom is -0.469 e. The van der Waals surface area contributed by atoms with Crippen LogP contribution in [0, 0.1) is 5.92 Å². The largest absolute Gasteiger partial charge is 0.469 e. The van der Waals surface area contributed by atoms with Crippen LogP contribution in [0.3, 0.4) is 0 Å². The smallest absolute Gasteiger partial charge is 0.305 e. The van der Waals surface area contributed by atoms with Crippen molar-refractivity contribution in [3.05, 3.63) is 0 Å². The van der Waals surface area contributed by atoms with Crippen molar-refractivity contribution in [2.45, 2.75) is 38.0 Å². The lowest BCUT2D eigenvalue weighted by Gasteiger charge is -2.13. The summed E-state index contributed by atoms with van der Waals surface area (Å²) in [7, 11) is 0.582. The molecular formula is C9H18O2Si. The van der Waals surface area contributed by atoms with Crippen molar-refractivity contribution < 1.29 is 9.53 Å². The van der Waals surface area contributed by atoms with Crippen LogP contribution >= 0.6 is 0 Å². The molecular weight excluding hydrogens is 168 g/mol. The van der Waals surface area contributed by atoms with Crippen LogP contribution in [0.2, 0.25) is 25.2 Å². The van der Waals surface area contributed by atoms with E-state index in [1.54, 1.807) is 0 Å². The van der Waals surface area contributed by atoms with Gasteiger partial charge in [-0.1, -0.05) is 31.6 Å². The van der Waals surface area contributed by atoms with Gasteiger partial charge in [0.25, 0.3) is 0 Å². The molecule has 0 aromatic heterocycles. The van der Waals surface area contributed by atoms with Gasteiger partial charge in [0.15, 0.2) is 0 Å². The summed E-state index contributed by atoms with van der Waals surface area (Å²) in [6.45, 7) is 4.81. The molecule has 1 aliphatic rings. The summed E-state index contributed by atoms with van der Waals surface area (Å²) in [5.41, 5.74) is 0. The monoisotopic (exact) mass is 186 g/mol. The van der Waals surface area contributed by atoms with Gasteiger partial charge in [-0.2, -0.15) is 0 Å². The number of hydrogen-bond acceptors (Lipinski definition) is 2. The van der Waals surface area contributed by atoms with Crippen molar-refractivity contribution in [2.24, 2.45) is 5.92 Å². The molecule has 1 atom stereocenters. The molecule has 0 aliphatic carbocycles. The van der Waals surface area contributed by atoms with E-state index in [1.807, 2.05) is 0 Å². The molecule has 0 amide bonds. The van der Waals surface area contributed by atoms with Crippen LogP contribution in [0.4, 0.5) is 0 Å². The molecule has 1 heterocycles. The van der Waals surface area contributed by atoms with Crippen LogP contribution in [-0.4, -0.2) is 21.2 Å². The van der Waals surface area contributed by atoms with Crippen LogP contribution in [0.1, 0.15) is 12.8 Å². The molecule has 70 valence electrons. The van der Waals surface area contributed by atoms with Gasteiger partial charge >= 0.3 is 5.97 Å². The van der Waals surface area contributed by atoms with E-state index in [0.717, 1.165) is 0 Å². The maximum atomic E-state index is 11.0. The molecule has 1 aliphatic heterocycles. The topological polar surface area (TPSA) is 26.3 Å². The van der Waals surface area contributed by atoms with E-state index in [0.29, 0.717) is 12.3 Å². The molecule has 3 heteroatoms. The van der Waals surface area contributed by atoms with Crippen LogP contribution in [0.5, 0.6) is 0 Å². The summed E-state index contributed by atoms with van der Waals surface area (Å²) < 4.78 is 4.66. The third kappa shape index (κ3) is 2.63. The minimum absolute atomic E-state index is 0.0355. The Bertz CT molecular complexity index is 177. The van der Waals surface area contributed by atoms with Gasteiger partial charge in [0.05, 0.1) is 7.11 Å². The van der Waals surface area contributed by atoms with Gasteiger partial charge in [-0.05, 0) is 5.92 Å². The zero-order valence-corrected chi connectivity index (χ0v) is 9.22. The van der Waals surface area contributed by atoms with Crippen LogP contribution in [0.25, 0.3) is 0 Å². The van der Waals surface area contributed by atoms with Crippen molar-refractivity contribution in [1.29, 1.82) is 0 Å². The highest BCUT2D eigenvalue weighted by molar-refractivity contribution is 6.78. The second kappa shape index (κ2) is 3.60. The first-order chi connectivity index (χ1) is 5.53. The number of carbonyl (C=O) groups excluding carboxylic acids is 1. The van der Waals surface area contributed by atoms with Gasteiger partial charge in [0.2, 0.25) is 0 Å². The number of carbonyl (C=O) groups is 1. The van der Waals surface area contributed by atoms with Crippen LogP contribution in [-0.2, 0) is 9.53 Å². The maximum absolute atomic E-state index is 11.0. The Hall–Kier alpha value is -0.313. The predicted octanol–water partition coefficient (Wildman–Crippen LogP) is 2.28. The van der Waals surface area contributed by atoms with Gasteiger partial charge < -0.3 is 4.74 Å². The van der Waals surface area contributed by atoms with E-state index in [-0.39, 0.29) is 5.97 Å². The second-order valence-electron chi connectivity index (χ2n) is 4.55. The summed E-state index contributed by atoms with van der Waals surface area (Å²) in [6.07, 6.45) is 1.89. The SMILES string of the molecule is COC(=O)CC1CC[Si](C)(C)C1. The normalized spacial score (nSPS) is 27.1. The van der Waals surface area contributed by atoms with Crippen molar-refractivity contribution >= 4 is 14.0 Å². The maximum Gasteiger partial charge on any atom is 0.305 e. The Morgan fingerprint density at radius 2 is 2.25 bits per heavy atom. The summed E-state index contributed by atoms with van der Waals surface area (Å²) in [5, 5.41) is 0. The Labute approximate surface area is 75.3 Å². The molecule has 0 aromatic rings. The quantitative estimate of drug-likeness (QED) is 0.488. The van der Waals surface area contributed by atoms with Crippen molar-refractivity contribution in [2.75, 3.05) is 7.11 Å². The average Bonchev–Trinajstić information content (AvgIpc) is 2.30. The van der Waals surface area contributed by atoms with Crippen molar-refractivity contribution in [1.82, 2.24) is 0 Å². The molecule has 1 unspecified atom stereocenters. The van der Waals surface area contributed by atoms with Gasteiger partial charge in [-0.25, -0.2) is 0 Å². The van der Waals surface area contributed by atoms with E-state index in [1.165, 1.54) is 25.6 Å². The molecule has 0 aromatic carbocycles. The van der Waals surface area contributed by atoms with Gasteiger partial charge in [0.1, 0.15) is 0 Å². The molecule has 0 saturated carbocycles. The number of ether oxygens (including phenoxy) is 1. The molecule has 12 heavy (non-hydrogen) atoms. The van der Waals surface area contributed by atoms with Gasteiger partial charge in [-0.3, -0.25) is 4.79 Å². The molecule has 0 spiro atoms. The Kier molecular flexibility index (Phi) is 2.93. The van der Waals surface area contributed by atoms with Crippen LogP contribution in [0.15, 0.2) is 0 Å². The summed E-state index contributed by atoms with van der Waals surface area (Å²) in [4.78, 5) is 11.0. The Morgan fingerprint density at radius 1 is 1.58 bits per heavy atom. The van der Waals surface area contributed by atoms with E-state index >= 15 is 0 Å². The van der Waals surface area contributed by atoms with Gasteiger partial charge in [0, 0.05) is 14.5 Å². The Morgan fingerprint density at radius 3 is 2.67 bits per heavy atom. The van der Waals surface area contributed by atoms with E-state index in [9.17, 15) is 4.79 Å². The molecule has 1 fully saturated rings. The molecule has 0 N–H and O–H groups in total. The zero-order valence-electron chi connectivity index (χ0n) is 8.22. The van der Waals surface area contributed by atoms with E-state index in [4.69, 9.17) is 0 Å². The highest BCUT2D eigenvalue weighted by atomic mass is 28.3. The second-order valence-corrected chi connectivity index (χ2v) is 9.79. The molecule has 1 saturated heterocycles. The molecule has 0 bridgehead atoms.